The molecule has 3 rings (SSSR count). The van der Waals surface area contributed by atoms with Crippen LogP contribution < -0.4 is 4.90 Å². The van der Waals surface area contributed by atoms with Crippen LogP contribution in [0, 0.1) is 17.5 Å². The summed E-state index contributed by atoms with van der Waals surface area (Å²) < 4.78 is 39.7. The molecule has 2 aromatic rings. The van der Waals surface area contributed by atoms with Crippen molar-refractivity contribution in [1.29, 1.82) is 0 Å². The van der Waals surface area contributed by atoms with Gasteiger partial charge in [-0.3, -0.25) is 9.59 Å². The Bertz CT molecular complexity index is 766. The standard InChI is InChI=1S/C14H5BrF3NO2/c15-9-3-6(1-2-10(9)16)19-13(20)7-4-11(17)12(18)5-8(7)14(19)21/h1-5H. The molecule has 1 aliphatic heterocycles. The van der Waals surface area contributed by atoms with E-state index >= 15 is 0 Å². The summed E-state index contributed by atoms with van der Waals surface area (Å²) in [5.41, 5.74) is -0.339. The van der Waals surface area contributed by atoms with Crippen molar-refractivity contribution in [3.63, 3.8) is 0 Å². The third kappa shape index (κ3) is 2.04. The van der Waals surface area contributed by atoms with Gasteiger partial charge in [0.05, 0.1) is 21.3 Å². The van der Waals surface area contributed by atoms with Crippen LogP contribution in [-0.2, 0) is 0 Å². The monoisotopic (exact) mass is 355 g/mol. The molecule has 0 saturated heterocycles. The zero-order valence-corrected chi connectivity index (χ0v) is 11.7. The number of carbonyl (C=O) groups is 2. The van der Waals surface area contributed by atoms with E-state index < -0.39 is 29.3 Å². The Balaban J connectivity index is 2.13. The number of carbonyl (C=O) groups excluding carboxylic acids is 2. The molecule has 2 aromatic carbocycles. The first-order valence-electron chi connectivity index (χ1n) is 5.73. The number of halogens is 4. The van der Waals surface area contributed by atoms with Crippen molar-refractivity contribution in [3.8, 4) is 0 Å². The van der Waals surface area contributed by atoms with Crippen LogP contribution in [0.5, 0.6) is 0 Å². The molecule has 0 atom stereocenters. The van der Waals surface area contributed by atoms with E-state index in [1.165, 1.54) is 12.1 Å². The zero-order valence-electron chi connectivity index (χ0n) is 10.2. The lowest BCUT2D eigenvalue weighted by Gasteiger charge is -2.14. The molecule has 21 heavy (non-hydrogen) atoms. The van der Waals surface area contributed by atoms with E-state index in [4.69, 9.17) is 0 Å². The highest BCUT2D eigenvalue weighted by Gasteiger charge is 2.38. The molecule has 0 aliphatic carbocycles. The van der Waals surface area contributed by atoms with Crippen molar-refractivity contribution < 1.29 is 22.8 Å². The average molecular weight is 356 g/mol. The number of anilines is 1. The molecule has 0 bridgehead atoms. The highest BCUT2D eigenvalue weighted by atomic mass is 79.9. The van der Waals surface area contributed by atoms with E-state index in [1.54, 1.807) is 0 Å². The van der Waals surface area contributed by atoms with E-state index in [-0.39, 0.29) is 21.3 Å². The molecule has 0 fully saturated rings. The fourth-order valence-corrected chi connectivity index (χ4v) is 2.46. The van der Waals surface area contributed by atoms with Crippen LogP contribution in [0.2, 0.25) is 0 Å². The number of benzene rings is 2. The van der Waals surface area contributed by atoms with Gasteiger partial charge >= 0.3 is 0 Å². The quantitative estimate of drug-likeness (QED) is 0.732. The predicted molar refractivity (Wildman–Crippen MR) is 71.6 cm³/mol. The highest BCUT2D eigenvalue weighted by Crippen LogP contribution is 2.31. The minimum absolute atomic E-state index is 0.0638. The molecular weight excluding hydrogens is 351 g/mol. The molecule has 1 heterocycles. The van der Waals surface area contributed by atoms with E-state index in [0.717, 1.165) is 11.0 Å². The van der Waals surface area contributed by atoms with Gasteiger partial charge in [-0.05, 0) is 46.3 Å². The van der Waals surface area contributed by atoms with E-state index in [9.17, 15) is 22.8 Å². The Morgan fingerprint density at radius 3 is 1.81 bits per heavy atom. The largest absolute Gasteiger partial charge is 0.268 e. The van der Waals surface area contributed by atoms with Gasteiger partial charge in [-0.1, -0.05) is 0 Å². The second-order valence-electron chi connectivity index (χ2n) is 4.36. The van der Waals surface area contributed by atoms with Crippen molar-refractivity contribution in [2.45, 2.75) is 0 Å². The molecule has 2 amide bonds. The van der Waals surface area contributed by atoms with Gasteiger partial charge in [-0.15, -0.1) is 0 Å². The van der Waals surface area contributed by atoms with Crippen LogP contribution in [0.4, 0.5) is 18.9 Å². The molecule has 0 spiro atoms. The minimum Gasteiger partial charge on any atom is -0.268 e. The lowest BCUT2D eigenvalue weighted by molar-refractivity contribution is 0.0926. The van der Waals surface area contributed by atoms with Crippen molar-refractivity contribution in [1.82, 2.24) is 0 Å². The van der Waals surface area contributed by atoms with Crippen molar-refractivity contribution in [2.24, 2.45) is 0 Å². The fraction of sp³-hybridized carbons (Fsp3) is 0. The maximum absolute atomic E-state index is 13.2. The molecule has 3 nitrogen and oxygen atoms in total. The summed E-state index contributed by atoms with van der Waals surface area (Å²) >= 11 is 2.95. The molecule has 1 aliphatic rings. The van der Waals surface area contributed by atoms with Crippen LogP contribution in [0.1, 0.15) is 20.7 Å². The SMILES string of the molecule is O=C1c2cc(F)c(F)cc2C(=O)N1c1ccc(F)c(Br)c1. The van der Waals surface area contributed by atoms with Gasteiger partial charge < -0.3 is 0 Å². The zero-order chi connectivity index (χ0) is 15.3. The molecule has 0 radical (unpaired) electrons. The number of hydrogen-bond acceptors (Lipinski definition) is 2. The number of fused-ring (bicyclic) bond motifs is 1. The summed E-state index contributed by atoms with van der Waals surface area (Å²) in [6.45, 7) is 0. The normalized spacial score (nSPS) is 13.8. The maximum Gasteiger partial charge on any atom is 0.266 e. The van der Waals surface area contributed by atoms with Gasteiger partial charge in [0.25, 0.3) is 11.8 Å². The number of amides is 2. The summed E-state index contributed by atoms with van der Waals surface area (Å²) in [6, 6.07) is 4.91. The maximum atomic E-state index is 13.2. The summed E-state index contributed by atoms with van der Waals surface area (Å²) in [6.07, 6.45) is 0. The second kappa shape index (κ2) is 4.70. The average Bonchev–Trinajstić information content (AvgIpc) is 2.66. The van der Waals surface area contributed by atoms with Crippen molar-refractivity contribution in [2.75, 3.05) is 4.90 Å². The molecule has 0 saturated carbocycles. The minimum atomic E-state index is -1.21. The van der Waals surface area contributed by atoms with E-state index in [0.29, 0.717) is 12.1 Å². The third-order valence-corrected chi connectivity index (χ3v) is 3.70. The van der Waals surface area contributed by atoms with Crippen LogP contribution in [0.25, 0.3) is 0 Å². The van der Waals surface area contributed by atoms with Gasteiger partial charge in [-0.25, -0.2) is 18.1 Å². The number of hydrogen-bond donors (Lipinski definition) is 0. The summed E-state index contributed by atoms with van der Waals surface area (Å²) in [5.74, 6) is -4.55. The molecule has 0 unspecified atom stereocenters. The highest BCUT2D eigenvalue weighted by molar-refractivity contribution is 9.10. The van der Waals surface area contributed by atoms with Crippen LogP contribution in [-0.4, -0.2) is 11.8 Å². The summed E-state index contributed by atoms with van der Waals surface area (Å²) in [5, 5.41) is 0. The van der Waals surface area contributed by atoms with E-state index in [1.807, 2.05) is 0 Å². The molecule has 0 aromatic heterocycles. The van der Waals surface area contributed by atoms with Crippen molar-refractivity contribution >= 4 is 33.4 Å². The Morgan fingerprint density at radius 2 is 1.33 bits per heavy atom. The summed E-state index contributed by atoms with van der Waals surface area (Å²) in [4.78, 5) is 25.1. The topological polar surface area (TPSA) is 37.4 Å². The third-order valence-electron chi connectivity index (χ3n) is 3.09. The molecule has 106 valence electrons. The van der Waals surface area contributed by atoms with Gasteiger partial charge in [0, 0.05) is 0 Å². The Hall–Kier alpha value is -2.15. The number of rotatable bonds is 1. The van der Waals surface area contributed by atoms with Gasteiger partial charge in [-0.2, -0.15) is 0 Å². The van der Waals surface area contributed by atoms with Gasteiger partial charge in [0.2, 0.25) is 0 Å². The van der Waals surface area contributed by atoms with Crippen LogP contribution in [0.15, 0.2) is 34.8 Å². The first-order valence-corrected chi connectivity index (χ1v) is 6.52. The second-order valence-corrected chi connectivity index (χ2v) is 5.21. The number of imide groups is 1. The van der Waals surface area contributed by atoms with Crippen LogP contribution in [0.3, 0.4) is 0 Å². The lowest BCUT2D eigenvalue weighted by Crippen LogP contribution is -2.29. The van der Waals surface area contributed by atoms with Crippen molar-refractivity contribution in [3.05, 3.63) is 63.4 Å². The number of nitrogens with zero attached hydrogens (tertiary/aromatic N) is 1. The Labute approximate surface area is 125 Å². The van der Waals surface area contributed by atoms with Gasteiger partial charge in [0.1, 0.15) is 5.82 Å². The lowest BCUT2D eigenvalue weighted by atomic mass is 10.1. The van der Waals surface area contributed by atoms with E-state index in [2.05, 4.69) is 15.9 Å². The first kappa shape index (κ1) is 13.8. The Kier molecular flexibility index (Phi) is 3.09. The summed E-state index contributed by atoms with van der Waals surface area (Å²) in [7, 11) is 0. The molecule has 7 heteroatoms. The van der Waals surface area contributed by atoms with Gasteiger partial charge in [0.15, 0.2) is 11.6 Å². The predicted octanol–water partition coefficient (Wildman–Crippen LogP) is 3.67. The fourth-order valence-electron chi connectivity index (χ4n) is 2.09. The molecular formula is C14H5BrF3NO2. The smallest absolute Gasteiger partial charge is 0.266 e. The van der Waals surface area contributed by atoms with Crippen LogP contribution >= 0.6 is 15.9 Å². The first-order chi connectivity index (χ1) is 9.90. The Morgan fingerprint density at radius 1 is 0.810 bits per heavy atom. The molecule has 0 N–H and O–H groups in total.